The first kappa shape index (κ1) is 19.1. The molecule has 0 fully saturated rings. The van der Waals surface area contributed by atoms with Gasteiger partial charge in [0.05, 0.1) is 27.0 Å². The molecule has 0 heterocycles. The zero-order valence-corrected chi connectivity index (χ0v) is 15.1. The van der Waals surface area contributed by atoms with Gasteiger partial charge in [-0.05, 0) is 42.8 Å². The number of anilines is 1. The van der Waals surface area contributed by atoms with Crippen molar-refractivity contribution in [3.8, 4) is 17.2 Å². The molecule has 0 aliphatic heterocycles. The molecule has 1 amide bonds. The molecule has 0 saturated carbocycles. The Hall–Kier alpha value is -3.22. The van der Waals surface area contributed by atoms with Crippen LogP contribution in [0.4, 0.5) is 5.69 Å². The fourth-order valence-electron chi connectivity index (χ4n) is 2.19. The molecule has 0 aromatic heterocycles. The van der Waals surface area contributed by atoms with E-state index in [4.69, 9.17) is 19.9 Å². The Balaban J connectivity index is 2.13. The monoisotopic (exact) mass is 357 g/mol. The summed E-state index contributed by atoms with van der Waals surface area (Å²) < 4.78 is 16.4. The van der Waals surface area contributed by atoms with E-state index >= 15 is 0 Å². The number of amides is 1. The number of nitrogens with zero attached hydrogens (tertiary/aromatic N) is 1. The van der Waals surface area contributed by atoms with Gasteiger partial charge in [0.25, 0.3) is 5.91 Å². The van der Waals surface area contributed by atoms with Crippen molar-refractivity contribution < 1.29 is 19.0 Å². The Morgan fingerprint density at radius 3 is 2.31 bits per heavy atom. The van der Waals surface area contributed by atoms with Crippen molar-refractivity contribution in [2.24, 2.45) is 5.10 Å². The van der Waals surface area contributed by atoms with Gasteiger partial charge < -0.3 is 19.9 Å². The highest BCUT2D eigenvalue weighted by Crippen LogP contribution is 2.38. The molecule has 0 spiro atoms. The highest BCUT2D eigenvalue weighted by Gasteiger charge is 2.13. The summed E-state index contributed by atoms with van der Waals surface area (Å²) in [6.07, 6.45) is 2.37. The molecule has 2 aromatic carbocycles. The number of hydrogen-bond acceptors (Lipinski definition) is 6. The summed E-state index contributed by atoms with van der Waals surface area (Å²) in [7, 11) is 3.11. The average Bonchev–Trinajstić information content (AvgIpc) is 2.66. The highest BCUT2D eigenvalue weighted by molar-refractivity contribution is 5.95. The summed E-state index contributed by atoms with van der Waals surface area (Å²) in [5.41, 5.74) is 9.83. The number of rotatable bonds is 8. The number of hydrogen-bond donors (Lipinski definition) is 2. The van der Waals surface area contributed by atoms with E-state index in [9.17, 15) is 4.79 Å². The van der Waals surface area contributed by atoms with Gasteiger partial charge in [0.15, 0.2) is 11.5 Å². The van der Waals surface area contributed by atoms with Crippen LogP contribution < -0.4 is 25.4 Å². The van der Waals surface area contributed by atoms with Crippen molar-refractivity contribution in [2.75, 3.05) is 26.6 Å². The number of benzene rings is 2. The maximum absolute atomic E-state index is 12.0. The SMILES string of the molecule is CCCOc1c(OC)cc(/C=N\NC(=O)c2ccc(N)cc2)cc1OC. The summed E-state index contributed by atoms with van der Waals surface area (Å²) in [6.45, 7) is 2.57. The maximum Gasteiger partial charge on any atom is 0.271 e. The second-order valence-electron chi connectivity index (χ2n) is 5.42. The third-order valence-corrected chi connectivity index (χ3v) is 3.49. The minimum Gasteiger partial charge on any atom is -0.493 e. The van der Waals surface area contributed by atoms with Gasteiger partial charge in [0, 0.05) is 16.8 Å². The van der Waals surface area contributed by atoms with Gasteiger partial charge in [-0.25, -0.2) is 5.43 Å². The molecule has 0 radical (unpaired) electrons. The lowest BCUT2D eigenvalue weighted by Crippen LogP contribution is -2.17. The molecule has 2 aromatic rings. The van der Waals surface area contributed by atoms with Crippen LogP contribution in [0, 0.1) is 0 Å². The number of hydrazone groups is 1. The number of methoxy groups -OCH3 is 2. The van der Waals surface area contributed by atoms with Crippen LogP contribution in [0.3, 0.4) is 0 Å². The molecule has 0 saturated heterocycles. The van der Waals surface area contributed by atoms with Crippen LogP contribution in [0.5, 0.6) is 17.2 Å². The van der Waals surface area contributed by atoms with Gasteiger partial charge in [-0.1, -0.05) is 6.92 Å². The van der Waals surface area contributed by atoms with E-state index in [1.165, 1.54) is 6.21 Å². The van der Waals surface area contributed by atoms with E-state index in [-0.39, 0.29) is 5.91 Å². The minimum atomic E-state index is -0.330. The molecular formula is C19H23N3O4. The largest absolute Gasteiger partial charge is 0.493 e. The number of nitrogens with one attached hydrogen (secondary N) is 1. The molecule has 2 rings (SSSR count). The van der Waals surface area contributed by atoms with Crippen molar-refractivity contribution in [3.05, 3.63) is 47.5 Å². The van der Waals surface area contributed by atoms with Crippen LogP contribution in [-0.2, 0) is 0 Å². The highest BCUT2D eigenvalue weighted by atomic mass is 16.5. The Morgan fingerprint density at radius 1 is 1.15 bits per heavy atom. The van der Waals surface area contributed by atoms with Crippen LogP contribution >= 0.6 is 0 Å². The van der Waals surface area contributed by atoms with Gasteiger partial charge in [0.2, 0.25) is 5.75 Å². The number of nitrogens with two attached hydrogens (primary N) is 1. The third-order valence-electron chi connectivity index (χ3n) is 3.49. The first-order valence-electron chi connectivity index (χ1n) is 8.16. The second-order valence-corrected chi connectivity index (χ2v) is 5.42. The zero-order valence-electron chi connectivity index (χ0n) is 15.1. The predicted octanol–water partition coefficient (Wildman–Crippen LogP) is 2.84. The van der Waals surface area contributed by atoms with Crippen molar-refractivity contribution in [1.29, 1.82) is 0 Å². The third kappa shape index (κ3) is 4.89. The number of nitrogen functional groups attached to an aromatic ring is 1. The van der Waals surface area contributed by atoms with Crippen molar-refractivity contribution in [1.82, 2.24) is 5.43 Å². The van der Waals surface area contributed by atoms with Crippen molar-refractivity contribution >= 4 is 17.8 Å². The van der Waals surface area contributed by atoms with Crippen LogP contribution in [-0.4, -0.2) is 32.9 Å². The van der Waals surface area contributed by atoms with E-state index in [1.54, 1.807) is 50.6 Å². The van der Waals surface area contributed by atoms with Crippen molar-refractivity contribution in [3.63, 3.8) is 0 Å². The number of ether oxygens (including phenoxy) is 3. The summed E-state index contributed by atoms with van der Waals surface area (Å²) >= 11 is 0. The maximum atomic E-state index is 12.0. The molecule has 7 nitrogen and oxygen atoms in total. The van der Waals surface area contributed by atoms with Crippen LogP contribution in [0.15, 0.2) is 41.5 Å². The fraction of sp³-hybridized carbons (Fsp3) is 0.263. The number of carbonyl (C=O) groups excluding carboxylic acids is 1. The summed E-state index contributed by atoms with van der Waals surface area (Å²) in [5.74, 6) is 1.27. The van der Waals surface area contributed by atoms with E-state index in [2.05, 4.69) is 10.5 Å². The van der Waals surface area contributed by atoms with Gasteiger partial charge in [-0.2, -0.15) is 5.10 Å². The molecule has 26 heavy (non-hydrogen) atoms. The molecule has 7 heteroatoms. The molecule has 0 bridgehead atoms. The van der Waals surface area contributed by atoms with Gasteiger partial charge in [-0.3, -0.25) is 4.79 Å². The second kappa shape index (κ2) is 9.31. The molecule has 3 N–H and O–H groups in total. The minimum absolute atomic E-state index is 0.330. The smallest absolute Gasteiger partial charge is 0.271 e. The Kier molecular flexibility index (Phi) is 6.84. The first-order valence-corrected chi connectivity index (χ1v) is 8.16. The first-order chi connectivity index (χ1) is 12.6. The quantitative estimate of drug-likeness (QED) is 0.430. The van der Waals surface area contributed by atoms with Gasteiger partial charge in [0.1, 0.15) is 0 Å². The lowest BCUT2D eigenvalue weighted by atomic mass is 10.2. The average molecular weight is 357 g/mol. The molecular weight excluding hydrogens is 334 g/mol. The molecule has 0 unspecified atom stereocenters. The van der Waals surface area contributed by atoms with Crippen LogP contribution in [0.1, 0.15) is 29.3 Å². The fourth-order valence-corrected chi connectivity index (χ4v) is 2.19. The Labute approximate surface area is 152 Å². The number of carbonyl (C=O) groups is 1. The Morgan fingerprint density at radius 2 is 1.77 bits per heavy atom. The predicted molar refractivity (Wildman–Crippen MR) is 101 cm³/mol. The molecule has 138 valence electrons. The van der Waals surface area contributed by atoms with Crippen LogP contribution in [0.2, 0.25) is 0 Å². The summed E-state index contributed by atoms with van der Waals surface area (Å²) in [4.78, 5) is 12.0. The van der Waals surface area contributed by atoms with Gasteiger partial charge >= 0.3 is 0 Å². The van der Waals surface area contributed by atoms with E-state index in [0.717, 1.165) is 6.42 Å². The van der Waals surface area contributed by atoms with E-state index < -0.39 is 0 Å². The summed E-state index contributed by atoms with van der Waals surface area (Å²) in [6, 6.07) is 10.1. The zero-order chi connectivity index (χ0) is 18.9. The lowest BCUT2D eigenvalue weighted by Gasteiger charge is -2.14. The molecule has 0 aliphatic carbocycles. The molecule has 0 aliphatic rings. The Bertz CT molecular complexity index is 748. The summed E-state index contributed by atoms with van der Waals surface area (Å²) in [5, 5.41) is 3.98. The van der Waals surface area contributed by atoms with E-state index in [1.807, 2.05) is 6.92 Å². The normalized spacial score (nSPS) is 10.6. The van der Waals surface area contributed by atoms with Crippen LogP contribution in [0.25, 0.3) is 0 Å². The van der Waals surface area contributed by atoms with Gasteiger partial charge in [-0.15, -0.1) is 0 Å². The molecule has 0 atom stereocenters. The van der Waals surface area contributed by atoms with E-state index in [0.29, 0.717) is 40.7 Å². The topological polar surface area (TPSA) is 95.2 Å². The lowest BCUT2D eigenvalue weighted by molar-refractivity contribution is 0.0955. The van der Waals surface area contributed by atoms with Crippen molar-refractivity contribution in [2.45, 2.75) is 13.3 Å². The standard InChI is InChI=1S/C19H23N3O4/c1-4-9-26-18-16(24-2)10-13(11-17(18)25-3)12-21-22-19(23)14-5-7-15(20)8-6-14/h5-8,10-12H,4,9,20H2,1-3H3,(H,22,23)/b21-12-.